The van der Waals surface area contributed by atoms with E-state index in [2.05, 4.69) is 26.0 Å². The van der Waals surface area contributed by atoms with Gasteiger partial charge < -0.3 is 14.9 Å². The lowest BCUT2D eigenvalue weighted by molar-refractivity contribution is -0.134. The molecule has 0 amide bonds. The van der Waals surface area contributed by atoms with Crippen LogP contribution in [-0.4, -0.2) is 41.4 Å². The lowest BCUT2D eigenvalue weighted by Crippen LogP contribution is -2.30. The summed E-state index contributed by atoms with van der Waals surface area (Å²) < 4.78 is 5.77. The number of Topliss-reactive ketones (excluding diaryl/α,β-unsaturated/α-hetero) is 1. The highest BCUT2D eigenvalue weighted by atomic mass is 16.5. The Kier molecular flexibility index (Phi) is 33.2. The molecular weight excluding hydrogens is 508 g/mol. The maximum Gasteiger partial charge on any atom is 0.161 e. The summed E-state index contributed by atoms with van der Waals surface area (Å²) in [6, 6.07) is 0. The van der Waals surface area contributed by atoms with E-state index in [9.17, 15) is 9.90 Å². The second kappa shape index (κ2) is 33.8. The molecule has 0 aromatic heterocycles. The zero-order valence-corrected chi connectivity index (χ0v) is 27.7. The number of rotatable bonds is 34. The number of aliphatic hydroxyl groups is 2. The number of unbranched alkanes of at least 4 members (excludes halogenated alkanes) is 23. The summed E-state index contributed by atoms with van der Waals surface area (Å²) >= 11 is 0. The highest BCUT2D eigenvalue weighted by Gasteiger charge is 2.19. The van der Waals surface area contributed by atoms with Crippen molar-refractivity contribution in [1.29, 1.82) is 0 Å². The molecule has 2 atom stereocenters. The maximum absolute atomic E-state index is 12.8. The van der Waals surface area contributed by atoms with Crippen LogP contribution in [0, 0.1) is 0 Å². The lowest BCUT2D eigenvalue weighted by atomic mass is 10.00. The van der Waals surface area contributed by atoms with Crippen molar-refractivity contribution in [2.24, 2.45) is 0 Å². The third kappa shape index (κ3) is 30.5. The highest BCUT2D eigenvalue weighted by molar-refractivity contribution is 5.83. The Morgan fingerprint density at radius 1 is 0.585 bits per heavy atom. The van der Waals surface area contributed by atoms with Crippen molar-refractivity contribution in [3.05, 3.63) is 12.2 Å². The smallest absolute Gasteiger partial charge is 0.161 e. The second-order valence-electron chi connectivity index (χ2n) is 12.5. The fourth-order valence-electron chi connectivity index (χ4n) is 5.50. The highest BCUT2D eigenvalue weighted by Crippen LogP contribution is 2.17. The van der Waals surface area contributed by atoms with Crippen molar-refractivity contribution in [3.8, 4) is 0 Å². The second-order valence-corrected chi connectivity index (χ2v) is 12.5. The molecule has 2 N–H and O–H groups in total. The molecular formula is C37H72O4. The van der Waals surface area contributed by atoms with Crippen molar-refractivity contribution in [2.45, 2.75) is 206 Å². The van der Waals surface area contributed by atoms with Gasteiger partial charge in [-0.25, -0.2) is 0 Å². The molecule has 0 saturated heterocycles. The van der Waals surface area contributed by atoms with Gasteiger partial charge in [0, 0.05) is 6.42 Å². The average Bonchev–Trinajstić information content (AvgIpc) is 2.98. The summed E-state index contributed by atoms with van der Waals surface area (Å²) in [6.07, 6.45) is 38.0. The number of ketones is 1. The van der Waals surface area contributed by atoms with Gasteiger partial charge in [0.1, 0.15) is 12.2 Å². The molecule has 0 aliphatic carbocycles. The monoisotopic (exact) mass is 581 g/mol. The van der Waals surface area contributed by atoms with E-state index in [1.165, 1.54) is 141 Å². The van der Waals surface area contributed by atoms with Gasteiger partial charge in [-0.15, -0.1) is 0 Å². The van der Waals surface area contributed by atoms with Gasteiger partial charge in [0.25, 0.3) is 0 Å². The molecule has 0 bridgehead atoms. The standard InChI is InChI=1S/C37H72O4/c1-3-5-7-9-11-13-15-17-18-20-22-24-26-28-30-32-37(41-34-35(39)33-38)36(40)31-29-27-25-23-21-19-16-14-12-10-8-6-4-2/h17-18,35,37-39H,3-16,19-34H2,1-2H3/b18-17-. The fraction of sp³-hybridized carbons (Fsp3) is 0.919. The molecule has 0 radical (unpaired) electrons. The van der Waals surface area contributed by atoms with Gasteiger partial charge >= 0.3 is 0 Å². The molecule has 0 spiro atoms. The SMILES string of the molecule is CCCCCCCC/C=C\CCCCCCCC(OCC(O)CO)C(=O)CCCCCCCCCCCCCCC. The average molecular weight is 581 g/mol. The summed E-state index contributed by atoms with van der Waals surface area (Å²) in [5.74, 6) is 0.175. The Morgan fingerprint density at radius 2 is 0.976 bits per heavy atom. The molecule has 244 valence electrons. The first-order chi connectivity index (χ1) is 20.2. The van der Waals surface area contributed by atoms with Crippen LogP contribution in [0.25, 0.3) is 0 Å². The molecule has 4 heteroatoms. The van der Waals surface area contributed by atoms with E-state index >= 15 is 0 Å². The van der Waals surface area contributed by atoms with Gasteiger partial charge in [0.2, 0.25) is 0 Å². The van der Waals surface area contributed by atoms with Crippen LogP contribution >= 0.6 is 0 Å². The van der Waals surface area contributed by atoms with E-state index in [4.69, 9.17) is 9.84 Å². The molecule has 0 aromatic rings. The van der Waals surface area contributed by atoms with Gasteiger partial charge in [0.05, 0.1) is 13.2 Å². The van der Waals surface area contributed by atoms with E-state index in [-0.39, 0.29) is 19.0 Å². The van der Waals surface area contributed by atoms with Gasteiger partial charge in [0.15, 0.2) is 5.78 Å². The Labute approximate surface area is 256 Å². The first kappa shape index (κ1) is 40.3. The van der Waals surface area contributed by atoms with Crippen molar-refractivity contribution in [2.75, 3.05) is 13.2 Å². The van der Waals surface area contributed by atoms with Crippen LogP contribution in [0.3, 0.4) is 0 Å². The van der Waals surface area contributed by atoms with Crippen molar-refractivity contribution < 1.29 is 19.7 Å². The minimum atomic E-state index is -0.907. The maximum atomic E-state index is 12.8. The lowest BCUT2D eigenvalue weighted by Gasteiger charge is -2.18. The van der Waals surface area contributed by atoms with E-state index in [0.29, 0.717) is 6.42 Å². The number of allylic oxidation sites excluding steroid dienone is 2. The fourth-order valence-corrected chi connectivity index (χ4v) is 5.50. The summed E-state index contributed by atoms with van der Waals surface area (Å²) in [7, 11) is 0. The molecule has 41 heavy (non-hydrogen) atoms. The molecule has 0 fully saturated rings. The van der Waals surface area contributed by atoms with Crippen LogP contribution in [0.15, 0.2) is 12.2 Å². The predicted molar refractivity (Wildman–Crippen MR) is 178 cm³/mol. The number of carbonyl (C=O) groups excluding carboxylic acids is 1. The third-order valence-corrected chi connectivity index (χ3v) is 8.31. The Bertz CT molecular complexity index is 547. The zero-order valence-electron chi connectivity index (χ0n) is 27.7. The quantitative estimate of drug-likeness (QED) is 0.0587. The van der Waals surface area contributed by atoms with Crippen LogP contribution in [0.2, 0.25) is 0 Å². The molecule has 0 heterocycles. The van der Waals surface area contributed by atoms with E-state index < -0.39 is 12.2 Å². The van der Waals surface area contributed by atoms with Crippen LogP contribution in [0.1, 0.15) is 194 Å². The first-order valence-electron chi connectivity index (χ1n) is 18.2. The summed E-state index contributed by atoms with van der Waals surface area (Å²) in [5.41, 5.74) is 0. The first-order valence-corrected chi connectivity index (χ1v) is 18.2. The third-order valence-electron chi connectivity index (χ3n) is 8.31. The molecule has 0 rings (SSSR count). The van der Waals surface area contributed by atoms with Crippen LogP contribution in [0.4, 0.5) is 0 Å². The van der Waals surface area contributed by atoms with E-state index in [1.54, 1.807) is 0 Å². The van der Waals surface area contributed by atoms with E-state index in [1.807, 2.05) is 0 Å². The number of carbonyl (C=O) groups is 1. The molecule has 0 aromatic carbocycles. The van der Waals surface area contributed by atoms with Gasteiger partial charge in [-0.05, 0) is 38.5 Å². The molecule has 2 unspecified atom stereocenters. The van der Waals surface area contributed by atoms with Crippen LogP contribution in [-0.2, 0) is 9.53 Å². The largest absolute Gasteiger partial charge is 0.394 e. The van der Waals surface area contributed by atoms with Crippen LogP contribution in [0.5, 0.6) is 0 Å². The minimum Gasteiger partial charge on any atom is -0.394 e. The predicted octanol–water partition coefficient (Wildman–Crippen LogP) is 10.8. The van der Waals surface area contributed by atoms with Gasteiger partial charge in [-0.2, -0.15) is 0 Å². The Hall–Kier alpha value is -0.710. The normalized spacial score (nSPS) is 13.3. The van der Waals surface area contributed by atoms with Gasteiger partial charge in [-0.3, -0.25) is 4.79 Å². The van der Waals surface area contributed by atoms with Crippen molar-refractivity contribution in [3.63, 3.8) is 0 Å². The van der Waals surface area contributed by atoms with Crippen molar-refractivity contribution >= 4 is 5.78 Å². The number of aliphatic hydroxyl groups excluding tert-OH is 2. The van der Waals surface area contributed by atoms with Crippen LogP contribution < -0.4 is 0 Å². The van der Waals surface area contributed by atoms with Gasteiger partial charge in [-0.1, -0.05) is 161 Å². The molecule has 4 nitrogen and oxygen atoms in total. The summed E-state index contributed by atoms with van der Waals surface area (Å²) in [6.45, 7) is 4.25. The number of hydrogen-bond acceptors (Lipinski definition) is 4. The summed E-state index contributed by atoms with van der Waals surface area (Å²) in [5, 5.41) is 18.8. The zero-order chi connectivity index (χ0) is 30.1. The Balaban J connectivity index is 3.86. The topological polar surface area (TPSA) is 66.8 Å². The molecule has 0 aliphatic heterocycles. The molecule has 0 aliphatic rings. The minimum absolute atomic E-state index is 0.0383. The van der Waals surface area contributed by atoms with E-state index in [0.717, 1.165) is 32.1 Å². The number of ether oxygens (including phenoxy) is 1. The molecule has 0 saturated carbocycles. The van der Waals surface area contributed by atoms with Crippen molar-refractivity contribution in [1.82, 2.24) is 0 Å². The number of hydrogen-bond donors (Lipinski definition) is 2. The Morgan fingerprint density at radius 3 is 1.41 bits per heavy atom. The summed E-state index contributed by atoms with van der Waals surface area (Å²) in [4.78, 5) is 12.8.